The van der Waals surface area contributed by atoms with Gasteiger partial charge in [-0.2, -0.15) is 0 Å². The molecule has 0 amide bonds. The summed E-state index contributed by atoms with van der Waals surface area (Å²) >= 11 is 0. The van der Waals surface area contributed by atoms with E-state index >= 15 is 0 Å². The maximum absolute atomic E-state index is 12.7. The Morgan fingerprint density at radius 1 is 0.610 bits per heavy atom. The van der Waals surface area contributed by atoms with Crippen molar-refractivity contribution in [1.82, 2.24) is 0 Å². The van der Waals surface area contributed by atoms with Crippen LogP contribution in [0.1, 0.15) is 110 Å². The molecule has 0 heterocycles. The highest BCUT2D eigenvalue weighted by Gasteiger charge is 2.27. The summed E-state index contributed by atoms with van der Waals surface area (Å²) in [4.78, 5) is 35.3. The molecule has 0 radical (unpaired) electrons. The van der Waals surface area contributed by atoms with Gasteiger partial charge in [-0.15, -0.1) is 0 Å². The minimum absolute atomic E-state index is 0.0118. The SMILES string of the molecule is CC/C=C\C/C=C\C/C=C\C/C=C\C=C/C(O)C/C=C\CCC(=O)OC[C@H](COP(=O)(O)OCC[N+](C)(C)C)OC(=O)CCCC/C=C\C/C=C\C/C=C\C/C=C\CC. The monoisotopic (exact) mass is 843 g/mol. The van der Waals surface area contributed by atoms with Gasteiger partial charge in [0, 0.05) is 12.8 Å². The Bertz CT molecular complexity index is 1430. The van der Waals surface area contributed by atoms with Gasteiger partial charge in [0.1, 0.15) is 19.8 Å². The van der Waals surface area contributed by atoms with E-state index in [1.165, 1.54) is 0 Å². The molecule has 0 aromatic rings. The molecule has 10 nitrogen and oxygen atoms in total. The number of carbonyl (C=O) groups is 2. The third kappa shape index (κ3) is 42.3. The minimum Gasteiger partial charge on any atom is -0.462 e. The molecule has 0 aliphatic carbocycles. The molecule has 0 aromatic heterocycles. The number of rotatable bonds is 36. The second kappa shape index (κ2) is 38.6. The number of hydrogen-bond donors (Lipinski definition) is 2. The molecule has 0 aliphatic rings. The summed E-state index contributed by atoms with van der Waals surface area (Å²) in [7, 11) is 1.33. The lowest BCUT2D eigenvalue weighted by Gasteiger charge is -2.24. The first-order valence-electron chi connectivity index (χ1n) is 21.4. The molecule has 0 fully saturated rings. The number of allylic oxidation sites excluding steroid dienone is 18. The van der Waals surface area contributed by atoms with Crippen molar-refractivity contribution in [3.05, 3.63) is 122 Å². The highest BCUT2D eigenvalue weighted by atomic mass is 31.2. The van der Waals surface area contributed by atoms with E-state index < -0.39 is 38.6 Å². The van der Waals surface area contributed by atoms with E-state index in [0.717, 1.165) is 64.2 Å². The van der Waals surface area contributed by atoms with E-state index in [1.807, 2.05) is 39.4 Å². The average molecular weight is 843 g/mol. The van der Waals surface area contributed by atoms with Crippen LogP contribution in [0.4, 0.5) is 0 Å². The molecule has 332 valence electrons. The summed E-state index contributed by atoms with van der Waals surface area (Å²) in [5, 5.41) is 10.2. The molecule has 0 bridgehead atoms. The van der Waals surface area contributed by atoms with Gasteiger partial charge in [0.05, 0.1) is 33.9 Å². The number of carbonyl (C=O) groups excluding carboxylic acids is 2. The van der Waals surface area contributed by atoms with Crippen LogP contribution in [-0.4, -0.2) is 86.1 Å². The third-order valence-corrected chi connectivity index (χ3v) is 9.07. The van der Waals surface area contributed by atoms with Crippen molar-refractivity contribution in [2.45, 2.75) is 122 Å². The second-order valence-corrected chi connectivity index (χ2v) is 16.3. The number of aliphatic hydroxyl groups is 1. The van der Waals surface area contributed by atoms with Crippen LogP contribution in [-0.2, 0) is 32.7 Å². The van der Waals surface area contributed by atoms with Crippen LogP contribution in [0.5, 0.6) is 0 Å². The normalized spacial score (nSPS) is 15.3. The van der Waals surface area contributed by atoms with Crippen molar-refractivity contribution in [2.75, 3.05) is 47.5 Å². The Balaban J connectivity index is 4.68. The zero-order chi connectivity index (χ0) is 43.7. The Morgan fingerprint density at radius 2 is 1.14 bits per heavy atom. The van der Waals surface area contributed by atoms with Gasteiger partial charge in [-0.25, -0.2) is 4.57 Å². The van der Waals surface area contributed by atoms with Crippen molar-refractivity contribution >= 4 is 19.8 Å². The van der Waals surface area contributed by atoms with Crippen molar-refractivity contribution in [1.29, 1.82) is 0 Å². The molecule has 0 spiro atoms. The standard InChI is InChI=1S/C48H76NO9P/c1-6-8-10-12-14-16-18-20-21-23-25-27-29-31-35-40-48(52)58-46(44-57-59(53,54)56-42-41-49(3,4)5)43-55-47(51)39-36-32-34-38-45(50)37-33-30-28-26-24-22-19-17-15-13-11-9-7-2/h8-11,14-17,20-22,24-25,27-28,30,32-34,37,45-46,50H,6-7,12-13,18-19,23,26,29,31,35-36,38-44H2,1-5H3/p+1/b10-8-,11-9-,16-14-,17-15-,21-20-,24-22-,27-25-,30-28-,34-32-,37-33-/t45?,46-/m1/s1. The van der Waals surface area contributed by atoms with Crippen LogP contribution >= 0.6 is 7.82 Å². The maximum Gasteiger partial charge on any atom is 0.472 e. The second-order valence-electron chi connectivity index (χ2n) is 14.8. The van der Waals surface area contributed by atoms with Crippen molar-refractivity contribution < 1.29 is 47.2 Å². The van der Waals surface area contributed by atoms with Gasteiger partial charge < -0.3 is 24.0 Å². The summed E-state index contributed by atoms with van der Waals surface area (Å²) in [6.07, 6.45) is 50.1. The molecule has 11 heteroatoms. The van der Waals surface area contributed by atoms with Gasteiger partial charge in [0.25, 0.3) is 0 Å². The zero-order valence-corrected chi connectivity index (χ0v) is 37.7. The summed E-state index contributed by atoms with van der Waals surface area (Å²) < 4.78 is 34.0. The Kier molecular flexibility index (Phi) is 36.2. The number of phosphoric acid groups is 1. The lowest BCUT2D eigenvalue weighted by atomic mass is 10.2. The first kappa shape index (κ1) is 55.4. The van der Waals surface area contributed by atoms with Crippen molar-refractivity contribution in [2.24, 2.45) is 0 Å². The fraction of sp³-hybridized carbons (Fsp3) is 0.542. The molecular formula is C48H77NO9P+. The zero-order valence-electron chi connectivity index (χ0n) is 36.8. The van der Waals surface area contributed by atoms with Gasteiger partial charge in [0.2, 0.25) is 0 Å². The van der Waals surface area contributed by atoms with E-state index in [-0.39, 0.29) is 26.1 Å². The first-order valence-corrected chi connectivity index (χ1v) is 22.9. The van der Waals surface area contributed by atoms with E-state index in [2.05, 4.69) is 98.9 Å². The highest BCUT2D eigenvalue weighted by molar-refractivity contribution is 7.47. The van der Waals surface area contributed by atoms with E-state index in [1.54, 1.807) is 18.2 Å². The number of aliphatic hydroxyl groups excluding tert-OH is 1. The van der Waals surface area contributed by atoms with Crippen LogP contribution < -0.4 is 0 Å². The van der Waals surface area contributed by atoms with Gasteiger partial charge in [-0.1, -0.05) is 135 Å². The van der Waals surface area contributed by atoms with Crippen LogP contribution in [0.15, 0.2) is 122 Å². The number of unbranched alkanes of at least 4 members (excludes halogenated alkanes) is 2. The van der Waals surface area contributed by atoms with Crippen LogP contribution in [0.3, 0.4) is 0 Å². The fourth-order valence-corrected chi connectivity index (χ4v) is 5.50. The topological polar surface area (TPSA) is 129 Å². The molecule has 0 aliphatic heterocycles. The van der Waals surface area contributed by atoms with Crippen LogP contribution in [0.25, 0.3) is 0 Å². The molecule has 0 saturated carbocycles. The summed E-state index contributed by atoms with van der Waals surface area (Å²) in [6.45, 7) is 3.89. The molecule has 0 saturated heterocycles. The lowest BCUT2D eigenvalue weighted by molar-refractivity contribution is -0.870. The third-order valence-electron chi connectivity index (χ3n) is 8.08. The minimum atomic E-state index is -4.44. The van der Waals surface area contributed by atoms with E-state index in [0.29, 0.717) is 30.3 Å². The smallest absolute Gasteiger partial charge is 0.462 e. The fourth-order valence-electron chi connectivity index (χ4n) is 4.76. The largest absolute Gasteiger partial charge is 0.472 e. The molecule has 2 unspecified atom stereocenters. The number of hydrogen-bond acceptors (Lipinski definition) is 8. The number of nitrogens with zero attached hydrogens (tertiary/aromatic N) is 1. The molecule has 2 N–H and O–H groups in total. The lowest BCUT2D eigenvalue weighted by Crippen LogP contribution is -2.37. The van der Waals surface area contributed by atoms with Gasteiger partial charge >= 0.3 is 19.8 Å². The molecule has 0 aromatic carbocycles. The first-order chi connectivity index (χ1) is 28.4. The molecular weight excluding hydrogens is 765 g/mol. The summed E-state index contributed by atoms with van der Waals surface area (Å²) in [5.74, 6) is -1.05. The van der Waals surface area contributed by atoms with Gasteiger partial charge in [-0.3, -0.25) is 18.6 Å². The van der Waals surface area contributed by atoms with Crippen LogP contribution in [0.2, 0.25) is 0 Å². The Hall–Kier alpha value is -3.63. The summed E-state index contributed by atoms with van der Waals surface area (Å²) in [5.41, 5.74) is 0. The quantitative estimate of drug-likeness (QED) is 0.0158. The Labute approximate surface area is 357 Å². The van der Waals surface area contributed by atoms with Crippen molar-refractivity contribution in [3.63, 3.8) is 0 Å². The number of quaternary nitrogens is 1. The van der Waals surface area contributed by atoms with Gasteiger partial charge in [-0.05, 0) is 83.5 Å². The average Bonchev–Trinajstić information content (AvgIpc) is 3.18. The highest BCUT2D eigenvalue weighted by Crippen LogP contribution is 2.43. The number of phosphoric ester groups is 1. The molecule has 0 rings (SSSR count). The molecule has 59 heavy (non-hydrogen) atoms. The summed E-state index contributed by atoms with van der Waals surface area (Å²) in [6, 6.07) is 0. The molecule has 3 atom stereocenters. The van der Waals surface area contributed by atoms with Gasteiger partial charge in [0.15, 0.2) is 6.10 Å². The predicted octanol–water partition coefficient (Wildman–Crippen LogP) is 11.1. The van der Waals surface area contributed by atoms with Crippen molar-refractivity contribution in [3.8, 4) is 0 Å². The van der Waals surface area contributed by atoms with Crippen LogP contribution in [0, 0.1) is 0 Å². The number of ether oxygens (including phenoxy) is 2. The van der Waals surface area contributed by atoms with E-state index in [4.69, 9.17) is 18.5 Å². The maximum atomic E-state index is 12.7. The predicted molar refractivity (Wildman–Crippen MR) is 243 cm³/mol. The number of esters is 2. The number of likely N-dealkylation sites (N-methyl/N-ethyl adjacent to an activating group) is 1. The van der Waals surface area contributed by atoms with E-state index in [9.17, 15) is 24.2 Å². The Morgan fingerprint density at radius 3 is 1.69 bits per heavy atom.